The maximum absolute atomic E-state index is 13.0. The van der Waals surface area contributed by atoms with Gasteiger partial charge in [0.15, 0.2) is 12.7 Å². The Labute approximate surface area is 198 Å². The van der Waals surface area contributed by atoms with Gasteiger partial charge in [-0.1, -0.05) is 72.8 Å². The molecule has 0 fully saturated rings. The second-order valence-corrected chi connectivity index (χ2v) is 7.93. The van der Waals surface area contributed by atoms with E-state index in [1.807, 2.05) is 60.7 Å². The van der Waals surface area contributed by atoms with Gasteiger partial charge in [0, 0.05) is 13.0 Å². The maximum atomic E-state index is 13.0. The molecule has 1 aliphatic heterocycles. The standard InChI is InChI=1S/C27H26N2O5/c1-28-27(32)24-17-29(22-14-8-9-15-23(22)34-24)25(30)18-33-26(31)16-21(19-10-4-2-5-11-19)20-12-6-3-7-13-20/h2-15,21,24H,16-18H2,1H3,(H,28,32). The fraction of sp³-hybridized carbons (Fsp3) is 0.222. The van der Waals surface area contributed by atoms with E-state index in [0.29, 0.717) is 11.4 Å². The highest BCUT2D eigenvalue weighted by molar-refractivity contribution is 5.98. The second-order valence-electron chi connectivity index (χ2n) is 7.93. The topological polar surface area (TPSA) is 84.9 Å². The molecule has 1 aliphatic rings. The van der Waals surface area contributed by atoms with E-state index in [9.17, 15) is 14.4 Å². The number of hydrogen-bond donors (Lipinski definition) is 1. The number of fused-ring (bicyclic) bond motifs is 1. The summed E-state index contributed by atoms with van der Waals surface area (Å²) in [6.07, 6.45) is -0.748. The summed E-state index contributed by atoms with van der Waals surface area (Å²) in [5, 5.41) is 2.54. The summed E-state index contributed by atoms with van der Waals surface area (Å²) in [6, 6.07) is 26.4. The number of hydrogen-bond acceptors (Lipinski definition) is 5. The van der Waals surface area contributed by atoms with Gasteiger partial charge in [-0.25, -0.2) is 0 Å². The molecular formula is C27H26N2O5. The van der Waals surface area contributed by atoms with Crippen LogP contribution < -0.4 is 15.0 Å². The molecule has 4 rings (SSSR count). The predicted molar refractivity (Wildman–Crippen MR) is 128 cm³/mol. The monoisotopic (exact) mass is 458 g/mol. The van der Waals surface area contributed by atoms with Gasteiger partial charge in [0.2, 0.25) is 0 Å². The molecule has 1 unspecified atom stereocenters. The normalized spacial score (nSPS) is 14.6. The minimum absolute atomic E-state index is 0.0315. The van der Waals surface area contributed by atoms with Crippen molar-refractivity contribution in [1.29, 1.82) is 0 Å². The molecule has 0 aromatic heterocycles. The Hall–Kier alpha value is -4.13. The van der Waals surface area contributed by atoms with Gasteiger partial charge >= 0.3 is 5.97 Å². The fourth-order valence-corrected chi connectivity index (χ4v) is 4.01. The zero-order valence-electron chi connectivity index (χ0n) is 18.8. The third-order valence-corrected chi connectivity index (χ3v) is 5.74. The first-order valence-electron chi connectivity index (χ1n) is 11.1. The number of amides is 2. The van der Waals surface area contributed by atoms with Crippen molar-refractivity contribution in [2.75, 3.05) is 25.1 Å². The Morgan fingerprint density at radius 2 is 1.53 bits per heavy atom. The van der Waals surface area contributed by atoms with Crippen molar-refractivity contribution < 1.29 is 23.9 Å². The Balaban J connectivity index is 1.45. The van der Waals surface area contributed by atoms with Crippen molar-refractivity contribution in [2.24, 2.45) is 0 Å². The van der Waals surface area contributed by atoms with Crippen molar-refractivity contribution in [2.45, 2.75) is 18.4 Å². The molecule has 1 heterocycles. The number of para-hydroxylation sites is 2. The number of benzene rings is 3. The summed E-state index contributed by atoms with van der Waals surface area (Å²) in [7, 11) is 1.51. The van der Waals surface area contributed by atoms with Crippen molar-refractivity contribution in [3.05, 3.63) is 96.1 Å². The van der Waals surface area contributed by atoms with Crippen molar-refractivity contribution in [1.82, 2.24) is 5.32 Å². The maximum Gasteiger partial charge on any atom is 0.307 e. The van der Waals surface area contributed by atoms with Crippen LogP contribution in [0.5, 0.6) is 5.75 Å². The number of anilines is 1. The van der Waals surface area contributed by atoms with E-state index in [4.69, 9.17) is 9.47 Å². The minimum atomic E-state index is -0.847. The SMILES string of the molecule is CNC(=O)C1CN(C(=O)COC(=O)CC(c2ccccc2)c2ccccc2)c2ccccc2O1. The van der Waals surface area contributed by atoms with Gasteiger partial charge in [0.05, 0.1) is 18.7 Å². The molecule has 0 aliphatic carbocycles. The summed E-state index contributed by atoms with van der Waals surface area (Å²) in [5.74, 6) is -0.996. The lowest BCUT2D eigenvalue weighted by Gasteiger charge is -2.33. The zero-order valence-corrected chi connectivity index (χ0v) is 18.8. The van der Waals surface area contributed by atoms with Crippen LogP contribution in [0.15, 0.2) is 84.9 Å². The van der Waals surface area contributed by atoms with Crippen LogP contribution in [0.1, 0.15) is 23.5 Å². The van der Waals surface area contributed by atoms with Crippen LogP contribution in [-0.4, -0.2) is 44.1 Å². The largest absolute Gasteiger partial charge is 0.477 e. The molecule has 0 saturated carbocycles. The molecule has 7 heteroatoms. The smallest absolute Gasteiger partial charge is 0.307 e. The molecule has 0 bridgehead atoms. The van der Waals surface area contributed by atoms with E-state index in [1.165, 1.54) is 11.9 Å². The Morgan fingerprint density at radius 3 is 2.15 bits per heavy atom. The molecule has 0 radical (unpaired) electrons. The lowest BCUT2D eigenvalue weighted by molar-refractivity contribution is -0.148. The highest BCUT2D eigenvalue weighted by Crippen LogP contribution is 2.33. The Kier molecular flexibility index (Phi) is 7.22. The third kappa shape index (κ3) is 5.26. The molecule has 7 nitrogen and oxygen atoms in total. The summed E-state index contributed by atoms with van der Waals surface area (Å²) in [6.45, 7) is -0.395. The zero-order chi connectivity index (χ0) is 23.9. The molecule has 3 aromatic rings. The van der Waals surface area contributed by atoms with Crippen LogP contribution in [0.3, 0.4) is 0 Å². The second kappa shape index (κ2) is 10.7. The van der Waals surface area contributed by atoms with Crippen LogP contribution >= 0.6 is 0 Å². The lowest BCUT2D eigenvalue weighted by atomic mass is 9.89. The average molecular weight is 459 g/mol. The van der Waals surface area contributed by atoms with Gasteiger partial charge in [0.1, 0.15) is 5.75 Å². The number of esters is 1. The molecule has 34 heavy (non-hydrogen) atoms. The first kappa shape index (κ1) is 23.0. The van der Waals surface area contributed by atoms with Crippen molar-refractivity contribution in [3.63, 3.8) is 0 Å². The highest BCUT2D eigenvalue weighted by Gasteiger charge is 2.33. The van der Waals surface area contributed by atoms with E-state index in [1.54, 1.807) is 24.3 Å². The van der Waals surface area contributed by atoms with Gasteiger partial charge in [-0.3, -0.25) is 14.4 Å². The van der Waals surface area contributed by atoms with Gasteiger partial charge in [0.25, 0.3) is 11.8 Å². The molecular weight excluding hydrogens is 432 g/mol. The van der Waals surface area contributed by atoms with Crippen LogP contribution in [0, 0.1) is 0 Å². The number of ether oxygens (including phenoxy) is 2. The molecule has 174 valence electrons. The molecule has 0 saturated heterocycles. The van der Waals surface area contributed by atoms with Gasteiger partial charge in [-0.05, 0) is 23.3 Å². The summed E-state index contributed by atoms with van der Waals surface area (Å²) >= 11 is 0. The number of nitrogens with zero attached hydrogens (tertiary/aromatic N) is 1. The molecule has 2 amide bonds. The number of rotatable bonds is 7. The van der Waals surface area contributed by atoms with E-state index >= 15 is 0 Å². The van der Waals surface area contributed by atoms with Gasteiger partial charge in [-0.2, -0.15) is 0 Å². The lowest BCUT2D eigenvalue weighted by Crippen LogP contribution is -2.51. The number of carbonyl (C=O) groups excluding carboxylic acids is 3. The van der Waals surface area contributed by atoms with E-state index < -0.39 is 24.6 Å². The third-order valence-electron chi connectivity index (χ3n) is 5.74. The molecule has 1 N–H and O–H groups in total. The average Bonchev–Trinajstić information content (AvgIpc) is 2.90. The van der Waals surface area contributed by atoms with Crippen LogP contribution in [0.4, 0.5) is 5.69 Å². The number of nitrogens with one attached hydrogen (secondary N) is 1. The fourth-order valence-electron chi connectivity index (χ4n) is 4.01. The van der Waals surface area contributed by atoms with Gasteiger partial charge < -0.3 is 19.7 Å². The van der Waals surface area contributed by atoms with Crippen molar-refractivity contribution in [3.8, 4) is 5.75 Å². The first-order chi connectivity index (χ1) is 16.6. The Morgan fingerprint density at radius 1 is 0.941 bits per heavy atom. The number of carbonyl (C=O) groups is 3. The number of likely N-dealkylation sites (N-methyl/N-ethyl adjacent to an activating group) is 1. The summed E-state index contributed by atoms with van der Waals surface area (Å²) < 4.78 is 11.1. The summed E-state index contributed by atoms with van der Waals surface area (Å²) in [5.41, 5.74) is 2.52. The van der Waals surface area contributed by atoms with E-state index in [2.05, 4.69) is 5.32 Å². The van der Waals surface area contributed by atoms with Crippen molar-refractivity contribution >= 4 is 23.5 Å². The molecule has 1 atom stereocenters. The van der Waals surface area contributed by atoms with E-state index in [-0.39, 0.29) is 24.8 Å². The first-order valence-corrected chi connectivity index (χ1v) is 11.1. The predicted octanol–water partition coefficient (Wildman–Crippen LogP) is 3.29. The van der Waals surface area contributed by atoms with E-state index in [0.717, 1.165) is 11.1 Å². The van der Waals surface area contributed by atoms with Gasteiger partial charge in [-0.15, -0.1) is 0 Å². The quantitative estimate of drug-likeness (QED) is 0.549. The molecule has 3 aromatic carbocycles. The van der Waals surface area contributed by atoms with Crippen LogP contribution in [0.25, 0.3) is 0 Å². The highest BCUT2D eigenvalue weighted by atomic mass is 16.5. The minimum Gasteiger partial charge on any atom is -0.477 e. The summed E-state index contributed by atoms with van der Waals surface area (Å²) in [4.78, 5) is 39.3. The Bertz CT molecular complexity index is 1110. The van der Waals surface area contributed by atoms with Crippen LogP contribution in [0.2, 0.25) is 0 Å². The molecule has 0 spiro atoms. The van der Waals surface area contributed by atoms with Crippen LogP contribution in [-0.2, 0) is 19.1 Å².